The van der Waals surface area contributed by atoms with Gasteiger partial charge in [-0.05, 0) is 38.0 Å². The first-order valence-corrected chi connectivity index (χ1v) is 15.3. The van der Waals surface area contributed by atoms with Gasteiger partial charge in [-0.3, -0.25) is 4.89 Å². The van der Waals surface area contributed by atoms with Crippen LogP contribution >= 0.6 is 0 Å². The Kier molecular flexibility index (Phi) is 14.4. The van der Waals surface area contributed by atoms with Crippen LogP contribution in [0.15, 0.2) is 0 Å². The molecule has 4 heteroatoms. The quantitative estimate of drug-likeness (QED) is 0.101. The highest BCUT2D eigenvalue weighted by Gasteiger charge is 2.33. The molecule has 1 atom stereocenters. The third-order valence-corrected chi connectivity index (χ3v) is 12.9. The Labute approximate surface area is 183 Å². The molecule has 0 aliphatic heterocycles. The van der Waals surface area contributed by atoms with Crippen LogP contribution in [0.2, 0.25) is 24.2 Å². The molecule has 0 rings (SSSR count). The molecule has 0 saturated carbocycles. The molecule has 0 N–H and O–H groups in total. The smallest absolute Gasteiger partial charge is 0.298 e. The van der Waals surface area contributed by atoms with Crippen molar-refractivity contribution in [2.45, 2.75) is 149 Å². The van der Waals surface area contributed by atoms with Crippen molar-refractivity contribution in [1.82, 2.24) is 0 Å². The third kappa shape index (κ3) is 13.5. The number of carbonyl (C=O) groups excluding carboxylic acids is 1. The van der Waals surface area contributed by atoms with E-state index in [1.807, 2.05) is 0 Å². The topological polar surface area (TPSA) is 35.5 Å². The van der Waals surface area contributed by atoms with E-state index in [2.05, 4.69) is 55.4 Å². The van der Waals surface area contributed by atoms with E-state index in [1.165, 1.54) is 56.3 Å². The number of carbonyl (C=O) groups is 1. The Morgan fingerprint density at radius 3 is 1.76 bits per heavy atom. The maximum Gasteiger partial charge on any atom is 0.342 e. The van der Waals surface area contributed by atoms with Crippen LogP contribution in [0.25, 0.3) is 0 Å². The molecule has 0 heterocycles. The molecule has 0 radical (unpaired) electrons. The summed E-state index contributed by atoms with van der Waals surface area (Å²) in [4.78, 5) is 23.0. The van der Waals surface area contributed by atoms with Crippen molar-refractivity contribution in [3.63, 3.8) is 0 Å². The zero-order chi connectivity index (χ0) is 22.4. The summed E-state index contributed by atoms with van der Waals surface area (Å²) < 4.78 is 0. The van der Waals surface area contributed by atoms with Crippen molar-refractivity contribution in [1.29, 1.82) is 0 Å². The van der Waals surface area contributed by atoms with E-state index in [0.29, 0.717) is 11.8 Å². The third-order valence-electron chi connectivity index (χ3n) is 7.08. The van der Waals surface area contributed by atoms with Crippen molar-refractivity contribution >= 4 is 14.0 Å². The van der Waals surface area contributed by atoms with Crippen molar-refractivity contribution in [3.05, 3.63) is 0 Å². The molecule has 0 aromatic rings. The molecule has 3 nitrogen and oxygen atoms in total. The molecule has 0 aliphatic carbocycles. The van der Waals surface area contributed by atoms with E-state index < -0.39 is 8.07 Å². The molecule has 0 amide bonds. The van der Waals surface area contributed by atoms with Gasteiger partial charge < -0.3 is 0 Å². The molecule has 0 bridgehead atoms. The monoisotopic (exact) mass is 428 g/mol. The Morgan fingerprint density at radius 2 is 1.28 bits per heavy atom. The Bertz CT molecular complexity index is 418. The highest BCUT2D eigenvalue weighted by atomic mass is 28.3. The lowest BCUT2D eigenvalue weighted by Gasteiger charge is -2.33. The van der Waals surface area contributed by atoms with Crippen LogP contribution in [-0.4, -0.2) is 19.6 Å². The van der Waals surface area contributed by atoms with Gasteiger partial charge in [-0.15, -0.1) is 0 Å². The highest BCUT2D eigenvalue weighted by molar-refractivity contribution is 6.79. The zero-order valence-corrected chi connectivity index (χ0v) is 22.1. The van der Waals surface area contributed by atoms with Gasteiger partial charge in [0, 0.05) is 6.42 Å². The molecule has 0 aliphatic rings. The summed E-state index contributed by atoms with van der Waals surface area (Å²) >= 11 is 0. The standard InChI is InChI=1S/C25H52O3Si/c1-9-25(8,21-22-29(10-2,11-3)12-4)28-27-23(26)19-17-15-13-14-16-18-20-24(5,6)7/h9-22H2,1-8H3. The molecule has 174 valence electrons. The average molecular weight is 429 g/mol. The molecule has 0 aromatic heterocycles. The fraction of sp³-hybridized carbons (Fsp3) is 0.960. The molecule has 29 heavy (non-hydrogen) atoms. The van der Waals surface area contributed by atoms with E-state index >= 15 is 0 Å². The van der Waals surface area contributed by atoms with Gasteiger partial charge in [-0.2, -0.15) is 4.89 Å². The Morgan fingerprint density at radius 1 is 0.759 bits per heavy atom. The largest absolute Gasteiger partial charge is 0.342 e. The van der Waals surface area contributed by atoms with Gasteiger partial charge >= 0.3 is 5.97 Å². The second-order valence-corrected chi connectivity index (χ2v) is 16.2. The van der Waals surface area contributed by atoms with Gasteiger partial charge in [0.2, 0.25) is 0 Å². The summed E-state index contributed by atoms with van der Waals surface area (Å²) in [6.07, 6.45) is 10.7. The highest BCUT2D eigenvalue weighted by Crippen LogP contribution is 2.32. The Hall–Kier alpha value is -0.353. The predicted octanol–water partition coefficient (Wildman–Crippen LogP) is 8.70. The van der Waals surface area contributed by atoms with Crippen LogP contribution in [0.5, 0.6) is 0 Å². The predicted molar refractivity (Wildman–Crippen MR) is 129 cm³/mol. The van der Waals surface area contributed by atoms with Gasteiger partial charge in [0.1, 0.15) is 5.60 Å². The lowest BCUT2D eigenvalue weighted by Crippen LogP contribution is -2.37. The summed E-state index contributed by atoms with van der Waals surface area (Å²) in [7, 11) is -1.17. The maximum atomic E-state index is 12.1. The van der Waals surface area contributed by atoms with Crippen LogP contribution in [0, 0.1) is 5.41 Å². The van der Waals surface area contributed by atoms with E-state index in [1.54, 1.807) is 0 Å². The SMILES string of the molecule is CCC(C)(CC[Si](CC)(CC)CC)OOC(=O)CCCCCCCCC(C)(C)C. The summed E-state index contributed by atoms with van der Waals surface area (Å²) in [5.74, 6) is -0.206. The van der Waals surface area contributed by atoms with Gasteiger partial charge in [-0.1, -0.05) is 105 Å². The number of rotatable bonds is 17. The van der Waals surface area contributed by atoms with Crippen molar-refractivity contribution in [2.75, 3.05) is 0 Å². The minimum atomic E-state index is -1.17. The Balaban J connectivity index is 4.02. The van der Waals surface area contributed by atoms with Gasteiger partial charge in [-0.25, -0.2) is 4.79 Å². The van der Waals surface area contributed by atoms with E-state index in [4.69, 9.17) is 9.78 Å². The lowest BCUT2D eigenvalue weighted by atomic mass is 9.89. The zero-order valence-electron chi connectivity index (χ0n) is 21.1. The van der Waals surface area contributed by atoms with Gasteiger partial charge in [0.25, 0.3) is 0 Å². The molecule has 0 spiro atoms. The molecule has 0 aromatic carbocycles. The lowest BCUT2D eigenvalue weighted by molar-refractivity contribution is -0.330. The fourth-order valence-electron chi connectivity index (χ4n) is 3.91. The average Bonchev–Trinajstić information content (AvgIpc) is 2.69. The van der Waals surface area contributed by atoms with Crippen molar-refractivity contribution < 1.29 is 14.6 Å². The van der Waals surface area contributed by atoms with Crippen LogP contribution < -0.4 is 0 Å². The van der Waals surface area contributed by atoms with E-state index in [0.717, 1.165) is 25.7 Å². The molecule has 1 unspecified atom stereocenters. The molecule has 0 fully saturated rings. The summed E-state index contributed by atoms with van der Waals surface area (Å²) in [6, 6.07) is 5.25. The van der Waals surface area contributed by atoms with E-state index in [-0.39, 0.29) is 11.6 Å². The number of hydrogen-bond donors (Lipinski definition) is 0. The van der Waals surface area contributed by atoms with Gasteiger partial charge in [0.15, 0.2) is 0 Å². The number of hydrogen-bond acceptors (Lipinski definition) is 3. The summed E-state index contributed by atoms with van der Waals surface area (Å²) in [6.45, 7) is 18.2. The first-order valence-electron chi connectivity index (χ1n) is 12.4. The minimum Gasteiger partial charge on any atom is -0.298 e. The summed E-state index contributed by atoms with van der Waals surface area (Å²) in [5.41, 5.74) is 0.102. The van der Waals surface area contributed by atoms with Crippen LogP contribution in [0.3, 0.4) is 0 Å². The minimum absolute atomic E-state index is 0.206. The first kappa shape index (κ1) is 28.6. The van der Waals surface area contributed by atoms with Crippen molar-refractivity contribution in [2.24, 2.45) is 5.41 Å². The second kappa shape index (κ2) is 14.6. The maximum absolute atomic E-state index is 12.1. The fourth-order valence-corrected chi connectivity index (χ4v) is 7.53. The molecular formula is C25H52O3Si. The summed E-state index contributed by atoms with van der Waals surface area (Å²) in [5, 5.41) is 0. The normalized spacial score (nSPS) is 14.6. The van der Waals surface area contributed by atoms with Crippen LogP contribution in [0.1, 0.15) is 120 Å². The first-order chi connectivity index (χ1) is 13.6. The van der Waals surface area contributed by atoms with Crippen LogP contribution in [0.4, 0.5) is 0 Å². The van der Waals surface area contributed by atoms with Crippen molar-refractivity contribution in [3.8, 4) is 0 Å². The van der Waals surface area contributed by atoms with Crippen LogP contribution in [-0.2, 0) is 14.6 Å². The molecular weight excluding hydrogens is 376 g/mol. The molecule has 0 saturated heterocycles. The number of unbranched alkanes of at least 4 members (excludes halogenated alkanes) is 5. The van der Waals surface area contributed by atoms with Gasteiger partial charge in [0.05, 0.1) is 8.07 Å². The second-order valence-electron chi connectivity index (χ2n) is 10.6. The van der Waals surface area contributed by atoms with E-state index in [9.17, 15) is 4.79 Å².